The van der Waals surface area contributed by atoms with Gasteiger partial charge in [0.1, 0.15) is 17.5 Å². The third kappa shape index (κ3) is 5.61. The van der Waals surface area contributed by atoms with Crippen LogP contribution in [0.5, 0.6) is 0 Å². The summed E-state index contributed by atoms with van der Waals surface area (Å²) in [5.74, 6) is 0.249. The van der Waals surface area contributed by atoms with Gasteiger partial charge in [-0.3, -0.25) is 9.78 Å². The number of hydrogen-bond donors (Lipinski definition) is 3. The Hall–Kier alpha value is -3.89. The summed E-state index contributed by atoms with van der Waals surface area (Å²) in [6, 6.07) is 9.47. The molecule has 3 N–H and O–H groups in total. The first-order valence-electron chi connectivity index (χ1n) is 10.8. The van der Waals surface area contributed by atoms with Gasteiger partial charge in [0.15, 0.2) is 11.5 Å². The summed E-state index contributed by atoms with van der Waals surface area (Å²) < 4.78 is 14.7. The van der Waals surface area contributed by atoms with Crippen molar-refractivity contribution in [1.29, 1.82) is 0 Å². The predicted molar refractivity (Wildman–Crippen MR) is 136 cm³/mol. The van der Waals surface area contributed by atoms with Gasteiger partial charge in [-0.1, -0.05) is 11.6 Å². The molecule has 0 saturated heterocycles. The number of nitrogens with one attached hydrogen (secondary N) is 3. The van der Waals surface area contributed by atoms with E-state index in [9.17, 15) is 9.18 Å². The largest absolute Gasteiger partial charge is 0.369 e. The van der Waals surface area contributed by atoms with E-state index in [2.05, 4.69) is 40.8 Å². The molecule has 0 aliphatic rings. The van der Waals surface area contributed by atoms with Crippen molar-refractivity contribution in [2.45, 2.75) is 0 Å². The zero-order chi connectivity index (χ0) is 24.9. The zero-order valence-electron chi connectivity index (χ0n) is 19.4. The van der Waals surface area contributed by atoms with E-state index < -0.39 is 5.82 Å². The zero-order valence-corrected chi connectivity index (χ0v) is 20.2. The SMILES string of the molecule is CNC(=O)c1cnccc1Nc1nc(-c2cc(Cl)ccc2F)nc2nc(NCCN(C)C)ccc12. The van der Waals surface area contributed by atoms with Gasteiger partial charge in [0, 0.05) is 37.6 Å². The van der Waals surface area contributed by atoms with Gasteiger partial charge in [-0.25, -0.2) is 19.3 Å². The molecule has 0 spiro atoms. The number of halogens is 2. The van der Waals surface area contributed by atoms with E-state index in [0.717, 1.165) is 6.54 Å². The minimum atomic E-state index is -0.519. The molecule has 0 fully saturated rings. The highest BCUT2D eigenvalue weighted by Gasteiger charge is 2.17. The Kier molecular flexibility index (Phi) is 7.33. The van der Waals surface area contributed by atoms with Crippen molar-refractivity contribution in [3.05, 3.63) is 65.2 Å². The number of nitrogens with zero attached hydrogens (tertiary/aromatic N) is 5. The lowest BCUT2D eigenvalue weighted by molar-refractivity contribution is 0.0963. The van der Waals surface area contributed by atoms with Gasteiger partial charge in [-0.05, 0) is 50.5 Å². The highest BCUT2D eigenvalue weighted by Crippen LogP contribution is 2.30. The van der Waals surface area contributed by atoms with Crippen LogP contribution in [-0.2, 0) is 0 Å². The lowest BCUT2D eigenvalue weighted by Gasteiger charge is -2.15. The van der Waals surface area contributed by atoms with Crippen LogP contribution in [0.3, 0.4) is 0 Å². The average molecular weight is 495 g/mol. The Balaban J connectivity index is 1.83. The van der Waals surface area contributed by atoms with E-state index in [4.69, 9.17) is 11.6 Å². The summed E-state index contributed by atoms with van der Waals surface area (Å²) >= 11 is 6.12. The van der Waals surface area contributed by atoms with Crippen molar-refractivity contribution in [3.63, 3.8) is 0 Å². The third-order valence-corrected chi connectivity index (χ3v) is 5.38. The molecule has 0 aliphatic heterocycles. The van der Waals surface area contributed by atoms with Crippen LogP contribution in [0.25, 0.3) is 22.4 Å². The first kappa shape index (κ1) is 24.2. The van der Waals surface area contributed by atoms with Gasteiger partial charge in [0.2, 0.25) is 0 Å². The van der Waals surface area contributed by atoms with Crippen LogP contribution < -0.4 is 16.0 Å². The number of carbonyl (C=O) groups is 1. The Bertz CT molecular complexity index is 1380. The normalized spacial score (nSPS) is 11.0. The van der Waals surface area contributed by atoms with Gasteiger partial charge >= 0.3 is 0 Å². The van der Waals surface area contributed by atoms with E-state index in [0.29, 0.717) is 45.5 Å². The lowest BCUT2D eigenvalue weighted by atomic mass is 10.2. The minimum Gasteiger partial charge on any atom is -0.369 e. The minimum absolute atomic E-state index is 0.105. The Labute approximate surface area is 206 Å². The summed E-state index contributed by atoms with van der Waals surface area (Å²) in [4.78, 5) is 32.1. The maximum Gasteiger partial charge on any atom is 0.254 e. The fraction of sp³-hybridized carbons (Fsp3) is 0.208. The number of aromatic nitrogens is 4. The molecule has 1 aromatic carbocycles. The van der Waals surface area contributed by atoms with Crippen LogP contribution in [0, 0.1) is 5.82 Å². The van der Waals surface area contributed by atoms with E-state index in [1.165, 1.54) is 31.4 Å². The maximum atomic E-state index is 14.7. The summed E-state index contributed by atoms with van der Waals surface area (Å²) in [5.41, 5.74) is 1.29. The second-order valence-electron chi connectivity index (χ2n) is 7.94. The van der Waals surface area contributed by atoms with Crippen LogP contribution >= 0.6 is 11.6 Å². The molecule has 3 aromatic heterocycles. The van der Waals surface area contributed by atoms with Crippen molar-refractivity contribution in [1.82, 2.24) is 30.2 Å². The van der Waals surface area contributed by atoms with E-state index in [1.54, 1.807) is 12.3 Å². The highest BCUT2D eigenvalue weighted by atomic mass is 35.5. The number of hydrogen-bond acceptors (Lipinski definition) is 8. The van der Waals surface area contributed by atoms with Crippen molar-refractivity contribution < 1.29 is 9.18 Å². The molecule has 11 heteroatoms. The van der Waals surface area contributed by atoms with E-state index in [-0.39, 0.29) is 17.3 Å². The van der Waals surface area contributed by atoms with E-state index in [1.807, 2.05) is 26.2 Å². The molecule has 0 radical (unpaired) electrons. The fourth-order valence-corrected chi connectivity index (χ4v) is 3.52. The number of benzene rings is 1. The number of rotatable bonds is 8. The van der Waals surface area contributed by atoms with Gasteiger partial charge in [0.05, 0.1) is 22.2 Å². The summed E-state index contributed by atoms with van der Waals surface area (Å²) in [5, 5.41) is 9.97. The third-order valence-electron chi connectivity index (χ3n) is 5.14. The first-order valence-corrected chi connectivity index (χ1v) is 11.2. The number of carbonyl (C=O) groups excluding carboxylic acids is 1. The fourth-order valence-electron chi connectivity index (χ4n) is 3.35. The number of likely N-dealkylation sites (N-methyl/N-ethyl adjacent to an activating group) is 1. The number of anilines is 3. The molecule has 0 saturated carbocycles. The van der Waals surface area contributed by atoms with Gasteiger partial charge in [-0.15, -0.1) is 0 Å². The molecular weight excluding hydrogens is 471 g/mol. The molecule has 1 amide bonds. The molecule has 0 aliphatic carbocycles. The van der Waals surface area contributed by atoms with Crippen molar-refractivity contribution in [3.8, 4) is 11.4 Å². The lowest BCUT2D eigenvalue weighted by Crippen LogP contribution is -2.21. The molecule has 4 rings (SSSR count). The van der Waals surface area contributed by atoms with Gasteiger partial charge < -0.3 is 20.9 Å². The highest BCUT2D eigenvalue weighted by molar-refractivity contribution is 6.30. The van der Waals surface area contributed by atoms with Crippen LogP contribution in [-0.4, -0.2) is 65.0 Å². The van der Waals surface area contributed by atoms with Gasteiger partial charge in [-0.2, -0.15) is 0 Å². The second kappa shape index (κ2) is 10.6. The Morgan fingerprint density at radius 3 is 2.71 bits per heavy atom. The number of fused-ring (bicyclic) bond motifs is 1. The Morgan fingerprint density at radius 1 is 1.11 bits per heavy atom. The molecule has 4 aromatic rings. The maximum absolute atomic E-state index is 14.7. The van der Waals surface area contributed by atoms with Crippen LogP contribution in [0.1, 0.15) is 10.4 Å². The van der Waals surface area contributed by atoms with E-state index >= 15 is 0 Å². The van der Waals surface area contributed by atoms with Crippen molar-refractivity contribution in [2.75, 3.05) is 44.9 Å². The quantitative estimate of drug-likeness (QED) is 0.338. The summed E-state index contributed by atoms with van der Waals surface area (Å²) in [6.07, 6.45) is 3.01. The second-order valence-corrected chi connectivity index (χ2v) is 8.38. The summed E-state index contributed by atoms with van der Waals surface area (Å²) in [6.45, 7) is 1.50. The molecule has 9 nitrogen and oxygen atoms in total. The summed E-state index contributed by atoms with van der Waals surface area (Å²) in [7, 11) is 5.51. The smallest absolute Gasteiger partial charge is 0.254 e. The number of pyridine rings is 2. The standard InChI is InChI=1S/C24H24ClFN8O/c1-27-24(35)17-13-28-9-8-19(17)30-21-15-5-7-20(29-10-11-34(2)3)31-22(15)33-23(32-21)16-12-14(25)4-6-18(16)26/h4-9,12-13H,10-11H2,1-3H3,(H,27,35)(H2,28,29,30,31,32,33). The molecule has 3 heterocycles. The van der Waals surface area contributed by atoms with Gasteiger partial charge in [0.25, 0.3) is 5.91 Å². The first-order chi connectivity index (χ1) is 16.9. The Morgan fingerprint density at radius 2 is 1.94 bits per heavy atom. The van der Waals surface area contributed by atoms with Crippen molar-refractivity contribution >= 4 is 45.9 Å². The molecule has 180 valence electrons. The van der Waals surface area contributed by atoms with Crippen LogP contribution in [0.2, 0.25) is 5.02 Å². The molecule has 0 unspecified atom stereocenters. The predicted octanol–water partition coefficient (Wildman–Crippen LogP) is 3.96. The molecular formula is C24H24ClFN8O. The number of amides is 1. The topological polar surface area (TPSA) is 108 Å². The average Bonchev–Trinajstić information content (AvgIpc) is 2.85. The molecule has 0 bridgehead atoms. The molecule has 0 atom stereocenters. The molecule has 35 heavy (non-hydrogen) atoms. The van der Waals surface area contributed by atoms with Crippen molar-refractivity contribution in [2.24, 2.45) is 0 Å². The monoisotopic (exact) mass is 494 g/mol. The van der Waals surface area contributed by atoms with Crippen LogP contribution in [0.4, 0.5) is 21.7 Å². The van der Waals surface area contributed by atoms with Crippen LogP contribution in [0.15, 0.2) is 48.8 Å².